The number of aliphatic carboxylic acids is 1. The highest BCUT2D eigenvalue weighted by Crippen LogP contribution is 2.32. The van der Waals surface area contributed by atoms with Gasteiger partial charge in [0.2, 0.25) is 0 Å². The molecule has 0 aromatic heterocycles. The maximum atomic E-state index is 10.9. The van der Waals surface area contributed by atoms with Crippen molar-refractivity contribution >= 4 is 23.9 Å². The standard InChI is InChI=1S/C10H9ClO3/c11-10(6-7-12,9(13)14)8-4-2-1-3-5-8/h1-5,7H,6H2,(H,13,14). The first-order chi connectivity index (χ1) is 6.61. The van der Waals surface area contributed by atoms with Gasteiger partial charge in [0.25, 0.3) is 0 Å². The van der Waals surface area contributed by atoms with Crippen LogP contribution in [0.3, 0.4) is 0 Å². The fourth-order valence-corrected chi connectivity index (χ4v) is 1.33. The first-order valence-electron chi connectivity index (χ1n) is 4.02. The summed E-state index contributed by atoms with van der Waals surface area (Å²) in [6.07, 6.45) is 0.266. The predicted octanol–water partition coefficient (Wildman–Crippen LogP) is 1.79. The Hall–Kier alpha value is -1.35. The van der Waals surface area contributed by atoms with Gasteiger partial charge in [-0.2, -0.15) is 0 Å². The van der Waals surface area contributed by atoms with Crippen LogP contribution >= 0.6 is 11.6 Å². The lowest BCUT2D eigenvalue weighted by molar-refractivity contribution is -0.141. The minimum Gasteiger partial charge on any atom is -0.480 e. The monoisotopic (exact) mass is 212 g/mol. The molecule has 0 heterocycles. The average Bonchev–Trinajstić information content (AvgIpc) is 2.19. The molecule has 1 N–H and O–H groups in total. The molecule has 0 bridgehead atoms. The lowest BCUT2D eigenvalue weighted by Gasteiger charge is -2.19. The van der Waals surface area contributed by atoms with E-state index < -0.39 is 10.8 Å². The van der Waals surface area contributed by atoms with Gasteiger partial charge in [-0.1, -0.05) is 30.3 Å². The van der Waals surface area contributed by atoms with Crippen molar-refractivity contribution in [2.24, 2.45) is 0 Å². The van der Waals surface area contributed by atoms with E-state index >= 15 is 0 Å². The molecule has 0 saturated heterocycles. The quantitative estimate of drug-likeness (QED) is 0.612. The molecular weight excluding hydrogens is 204 g/mol. The van der Waals surface area contributed by atoms with Gasteiger partial charge in [0.15, 0.2) is 4.87 Å². The van der Waals surface area contributed by atoms with E-state index in [9.17, 15) is 9.59 Å². The topological polar surface area (TPSA) is 54.4 Å². The summed E-state index contributed by atoms with van der Waals surface area (Å²) in [6, 6.07) is 8.29. The van der Waals surface area contributed by atoms with Gasteiger partial charge in [0, 0.05) is 6.42 Å². The van der Waals surface area contributed by atoms with Crippen LogP contribution in [0.15, 0.2) is 30.3 Å². The Labute approximate surface area is 86.3 Å². The van der Waals surface area contributed by atoms with Crippen LogP contribution < -0.4 is 0 Å². The molecular formula is C10H9ClO3. The normalized spacial score (nSPS) is 14.4. The van der Waals surface area contributed by atoms with E-state index in [1.165, 1.54) is 0 Å². The molecule has 1 unspecified atom stereocenters. The number of hydrogen-bond donors (Lipinski definition) is 1. The summed E-state index contributed by atoms with van der Waals surface area (Å²) >= 11 is 5.87. The summed E-state index contributed by atoms with van der Waals surface area (Å²) < 4.78 is 0. The Morgan fingerprint density at radius 2 is 2.00 bits per heavy atom. The zero-order chi connectivity index (χ0) is 10.6. The molecule has 0 saturated carbocycles. The number of carbonyl (C=O) groups is 2. The number of carboxylic acid groups (broad SMARTS) is 1. The van der Waals surface area contributed by atoms with Crippen molar-refractivity contribution in [1.29, 1.82) is 0 Å². The molecule has 0 spiro atoms. The maximum absolute atomic E-state index is 10.9. The molecule has 3 nitrogen and oxygen atoms in total. The van der Waals surface area contributed by atoms with Crippen molar-refractivity contribution in [1.82, 2.24) is 0 Å². The second-order valence-electron chi connectivity index (χ2n) is 2.84. The summed E-state index contributed by atoms with van der Waals surface area (Å²) in [7, 11) is 0. The van der Waals surface area contributed by atoms with Crippen molar-refractivity contribution in [3.63, 3.8) is 0 Å². The van der Waals surface area contributed by atoms with Crippen LogP contribution in [0.5, 0.6) is 0 Å². The van der Waals surface area contributed by atoms with Gasteiger partial charge in [-0.05, 0) is 5.56 Å². The van der Waals surface area contributed by atoms with Gasteiger partial charge < -0.3 is 9.90 Å². The average molecular weight is 213 g/mol. The van der Waals surface area contributed by atoms with Crippen LogP contribution in [0.1, 0.15) is 12.0 Å². The molecule has 0 fully saturated rings. The van der Waals surface area contributed by atoms with Gasteiger partial charge in [-0.3, -0.25) is 0 Å². The Bertz CT molecular complexity index is 336. The number of alkyl halides is 1. The van der Waals surface area contributed by atoms with Crippen LogP contribution in [-0.4, -0.2) is 17.4 Å². The van der Waals surface area contributed by atoms with Gasteiger partial charge in [-0.25, -0.2) is 4.79 Å². The molecule has 1 atom stereocenters. The van der Waals surface area contributed by atoms with E-state index in [0.29, 0.717) is 11.8 Å². The predicted molar refractivity (Wildman–Crippen MR) is 52.3 cm³/mol. The lowest BCUT2D eigenvalue weighted by atomic mass is 9.95. The van der Waals surface area contributed by atoms with Gasteiger partial charge in [0.05, 0.1) is 0 Å². The van der Waals surface area contributed by atoms with Gasteiger partial charge >= 0.3 is 5.97 Å². The van der Waals surface area contributed by atoms with E-state index in [0.717, 1.165) is 0 Å². The fourth-order valence-electron chi connectivity index (χ4n) is 1.15. The molecule has 0 aliphatic carbocycles. The minimum absolute atomic E-state index is 0.242. The van der Waals surface area contributed by atoms with E-state index in [1.807, 2.05) is 0 Å². The highest BCUT2D eigenvalue weighted by atomic mass is 35.5. The van der Waals surface area contributed by atoms with Crippen molar-refractivity contribution in [2.45, 2.75) is 11.3 Å². The number of hydrogen-bond acceptors (Lipinski definition) is 2. The molecule has 1 aromatic rings. The maximum Gasteiger partial charge on any atom is 0.329 e. The number of benzene rings is 1. The SMILES string of the molecule is O=CCC(Cl)(C(=O)O)c1ccccc1. The van der Waals surface area contributed by atoms with Crippen molar-refractivity contribution in [3.05, 3.63) is 35.9 Å². The second kappa shape index (κ2) is 4.24. The van der Waals surface area contributed by atoms with Gasteiger partial charge in [0.1, 0.15) is 6.29 Å². The number of carbonyl (C=O) groups excluding carboxylic acids is 1. The Kier molecular flexibility index (Phi) is 3.25. The van der Waals surface area contributed by atoms with Gasteiger partial charge in [-0.15, -0.1) is 11.6 Å². The van der Waals surface area contributed by atoms with Crippen LogP contribution in [0.25, 0.3) is 0 Å². The highest BCUT2D eigenvalue weighted by molar-refractivity contribution is 6.34. The molecule has 0 radical (unpaired) electrons. The minimum atomic E-state index is -1.64. The number of halogens is 1. The molecule has 14 heavy (non-hydrogen) atoms. The van der Waals surface area contributed by atoms with Crippen molar-refractivity contribution in [3.8, 4) is 0 Å². The lowest BCUT2D eigenvalue weighted by Crippen LogP contribution is -2.30. The molecule has 4 heteroatoms. The zero-order valence-electron chi connectivity index (χ0n) is 7.31. The fraction of sp³-hybridized carbons (Fsp3) is 0.200. The Morgan fingerprint density at radius 3 is 2.43 bits per heavy atom. The third-order valence-corrected chi connectivity index (χ3v) is 2.47. The van der Waals surface area contributed by atoms with E-state index in [1.54, 1.807) is 30.3 Å². The molecule has 0 aliphatic heterocycles. The molecule has 74 valence electrons. The molecule has 1 rings (SSSR count). The van der Waals surface area contributed by atoms with E-state index in [2.05, 4.69) is 0 Å². The van der Waals surface area contributed by atoms with E-state index in [-0.39, 0.29) is 6.42 Å². The number of aldehydes is 1. The summed E-state index contributed by atoms with van der Waals surface area (Å²) in [4.78, 5) is 19.6. The summed E-state index contributed by atoms with van der Waals surface area (Å²) in [5, 5.41) is 8.93. The Balaban J connectivity index is 3.12. The first-order valence-corrected chi connectivity index (χ1v) is 4.40. The van der Waals surface area contributed by atoms with E-state index in [4.69, 9.17) is 16.7 Å². The largest absolute Gasteiger partial charge is 0.480 e. The highest BCUT2D eigenvalue weighted by Gasteiger charge is 2.37. The van der Waals surface area contributed by atoms with Crippen molar-refractivity contribution in [2.75, 3.05) is 0 Å². The zero-order valence-corrected chi connectivity index (χ0v) is 8.07. The third-order valence-electron chi connectivity index (χ3n) is 1.93. The van der Waals surface area contributed by atoms with Crippen LogP contribution in [-0.2, 0) is 14.5 Å². The molecule has 0 aliphatic rings. The first kappa shape index (κ1) is 10.7. The van der Waals surface area contributed by atoms with Crippen molar-refractivity contribution < 1.29 is 14.7 Å². The third kappa shape index (κ3) is 1.93. The number of rotatable bonds is 4. The van der Waals surface area contributed by atoms with Crippen LogP contribution in [0, 0.1) is 0 Å². The molecule has 0 amide bonds. The second-order valence-corrected chi connectivity index (χ2v) is 3.49. The number of carboxylic acids is 1. The summed E-state index contributed by atoms with van der Waals surface area (Å²) in [6.45, 7) is 0. The smallest absolute Gasteiger partial charge is 0.329 e. The van der Waals surface area contributed by atoms with Crippen LogP contribution in [0.2, 0.25) is 0 Å². The van der Waals surface area contributed by atoms with Crippen LogP contribution in [0.4, 0.5) is 0 Å². The molecule has 1 aromatic carbocycles. The Morgan fingerprint density at radius 1 is 1.43 bits per heavy atom. The summed E-state index contributed by atoms with van der Waals surface area (Å²) in [5.41, 5.74) is 0.418. The summed E-state index contributed by atoms with van der Waals surface area (Å²) in [5.74, 6) is -1.21.